The summed E-state index contributed by atoms with van der Waals surface area (Å²) in [4.78, 5) is 28.6. The topological polar surface area (TPSA) is 91.2 Å². The van der Waals surface area contributed by atoms with E-state index in [2.05, 4.69) is 33.4 Å². The summed E-state index contributed by atoms with van der Waals surface area (Å²) in [6.07, 6.45) is 1.89. The molecule has 9 heteroatoms. The minimum atomic E-state index is -0.833. The summed E-state index contributed by atoms with van der Waals surface area (Å²) in [5.74, 6) is -0.950. The van der Waals surface area contributed by atoms with Gasteiger partial charge in [0.05, 0.1) is 18.1 Å². The van der Waals surface area contributed by atoms with E-state index in [-0.39, 0.29) is 35.5 Å². The van der Waals surface area contributed by atoms with E-state index in [0.29, 0.717) is 10.1 Å². The van der Waals surface area contributed by atoms with Crippen molar-refractivity contribution < 1.29 is 49.0 Å². The van der Waals surface area contributed by atoms with Gasteiger partial charge in [-0.2, -0.15) is 18.2 Å². The van der Waals surface area contributed by atoms with Gasteiger partial charge >= 0.3 is 29.6 Å². The Morgan fingerprint density at radius 3 is 2.42 bits per heavy atom. The fourth-order valence-electron chi connectivity index (χ4n) is 2.80. The number of amidine groups is 1. The number of aliphatic carboxylic acids is 1. The molecular formula is C22H22N3NaO4S. The minimum Gasteiger partial charge on any atom is -0.481 e. The van der Waals surface area contributed by atoms with Crippen molar-refractivity contribution >= 4 is 46.3 Å². The molecule has 2 N–H and O–H groups in total. The number of hydrogen-bond acceptors (Lipinski definition) is 6. The number of carboxylic acid groups (broad SMARTS) is 1. The van der Waals surface area contributed by atoms with Gasteiger partial charge in [-0.25, -0.2) is 0 Å². The molecule has 2 aromatic rings. The van der Waals surface area contributed by atoms with Crippen LogP contribution in [0.4, 0.5) is 11.4 Å². The summed E-state index contributed by atoms with van der Waals surface area (Å²) in [6.45, 7) is 4.44. The monoisotopic (exact) mass is 447 g/mol. The third kappa shape index (κ3) is 8.16. The van der Waals surface area contributed by atoms with Crippen molar-refractivity contribution in [3.63, 3.8) is 0 Å². The maximum Gasteiger partial charge on any atom is 1.00 e. The van der Waals surface area contributed by atoms with Gasteiger partial charge < -0.3 is 20.1 Å². The molecule has 0 aromatic heterocycles. The van der Waals surface area contributed by atoms with E-state index in [0.717, 1.165) is 44.5 Å². The molecule has 7 nitrogen and oxygen atoms in total. The van der Waals surface area contributed by atoms with Gasteiger partial charge in [0.25, 0.3) is 11.9 Å². The van der Waals surface area contributed by atoms with E-state index in [1.165, 1.54) is 17.4 Å². The van der Waals surface area contributed by atoms with Gasteiger partial charge in [0.15, 0.2) is 5.17 Å². The van der Waals surface area contributed by atoms with Gasteiger partial charge in [0.1, 0.15) is 0 Å². The fraction of sp³-hybridized carbons (Fsp3) is 0.227. The van der Waals surface area contributed by atoms with Crippen LogP contribution in [-0.4, -0.2) is 48.5 Å². The largest absolute Gasteiger partial charge is 1.00 e. The molecule has 0 atom stereocenters. The van der Waals surface area contributed by atoms with E-state index < -0.39 is 5.97 Å². The van der Waals surface area contributed by atoms with Crippen molar-refractivity contribution in [2.45, 2.75) is 6.92 Å². The molecule has 0 saturated carbocycles. The molecule has 2 aliphatic heterocycles. The first-order valence-electron chi connectivity index (χ1n) is 9.39. The Morgan fingerprint density at radius 2 is 1.81 bits per heavy atom. The molecule has 156 valence electrons. The molecular weight excluding hydrogens is 425 g/mol. The predicted octanol–water partition coefficient (Wildman–Crippen LogP) is 0.310. The van der Waals surface area contributed by atoms with E-state index in [1.807, 2.05) is 30.3 Å². The van der Waals surface area contributed by atoms with Crippen LogP contribution in [0.2, 0.25) is 0 Å². The Morgan fingerprint density at radius 1 is 1.19 bits per heavy atom. The standard InChI is InChI=1S/C20H18N3O2S.C2H4O2.Na/c24-19-18(26-20(22-19)21-16-4-2-1-3-5-16)14-15-6-8-17(9-7-15)23-10-12-25-13-11-23;1-2(3)4;/h2-9,14H,10-13H2,(H,21,22,24);1H3,(H,3,4);/q-1;;+1/b18-14-;;. The second-order valence-corrected chi connectivity index (χ2v) is 7.48. The number of benzene rings is 2. The zero-order valence-corrected chi connectivity index (χ0v) is 20.3. The summed E-state index contributed by atoms with van der Waals surface area (Å²) in [5, 5.41) is 10.8. The number of hydrogen-bond donors (Lipinski definition) is 2. The van der Waals surface area contributed by atoms with Crippen LogP contribution >= 0.6 is 11.8 Å². The molecule has 0 bridgehead atoms. The number of carbonyl (C=O) groups is 2. The predicted molar refractivity (Wildman–Crippen MR) is 119 cm³/mol. The summed E-state index contributed by atoms with van der Waals surface area (Å²) in [7, 11) is 0. The molecule has 0 unspecified atom stereocenters. The van der Waals surface area contributed by atoms with Gasteiger partial charge in [0.2, 0.25) is 0 Å². The molecule has 0 spiro atoms. The maximum atomic E-state index is 12.2. The minimum absolute atomic E-state index is 0. The van der Waals surface area contributed by atoms with Gasteiger partial charge in [-0.1, -0.05) is 12.1 Å². The normalized spacial score (nSPS) is 18.1. The number of anilines is 1. The van der Waals surface area contributed by atoms with Crippen LogP contribution in [-0.2, 0) is 14.3 Å². The van der Waals surface area contributed by atoms with Crippen molar-refractivity contribution in [3.05, 3.63) is 65.1 Å². The molecule has 2 saturated heterocycles. The smallest absolute Gasteiger partial charge is 0.481 e. The quantitative estimate of drug-likeness (QED) is 0.400. The Bertz CT molecular complexity index is 939. The number of morpholine rings is 1. The number of nitrogens with one attached hydrogen (secondary N) is 1. The number of amides is 1. The summed E-state index contributed by atoms with van der Waals surface area (Å²) < 4.78 is 5.39. The van der Waals surface area contributed by atoms with E-state index in [1.54, 1.807) is 12.1 Å². The van der Waals surface area contributed by atoms with Crippen LogP contribution in [0.15, 0.2) is 58.4 Å². The molecule has 0 radical (unpaired) electrons. The van der Waals surface area contributed by atoms with Gasteiger partial charge in [-0.3, -0.25) is 14.6 Å². The summed E-state index contributed by atoms with van der Waals surface area (Å²) in [6, 6.07) is 18.5. The zero-order valence-electron chi connectivity index (χ0n) is 17.5. The summed E-state index contributed by atoms with van der Waals surface area (Å²) >= 11 is 1.35. The van der Waals surface area contributed by atoms with Gasteiger partial charge in [-0.05, 0) is 41.2 Å². The average Bonchev–Trinajstić information content (AvgIpc) is 3.08. The second-order valence-electron chi connectivity index (χ2n) is 6.45. The first-order valence-corrected chi connectivity index (χ1v) is 10.2. The molecule has 1 amide bonds. The Hall–Kier alpha value is -2.10. The van der Waals surface area contributed by atoms with E-state index in [4.69, 9.17) is 14.6 Å². The number of aliphatic imine (C=N–C) groups is 1. The van der Waals surface area contributed by atoms with Crippen LogP contribution in [0, 0.1) is 6.07 Å². The number of thioether (sulfide) groups is 1. The number of carboxylic acids is 1. The van der Waals surface area contributed by atoms with Gasteiger partial charge in [0, 0.05) is 25.7 Å². The van der Waals surface area contributed by atoms with Gasteiger partial charge in [-0.15, -0.1) is 12.1 Å². The Balaban J connectivity index is 0.000000631. The third-order valence-corrected chi connectivity index (χ3v) is 5.06. The number of ether oxygens (including phenoxy) is 1. The number of carbonyl (C=O) groups excluding carboxylic acids is 1. The fourth-order valence-corrected chi connectivity index (χ4v) is 3.65. The molecule has 4 rings (SSSR count). The molecule has 0 aliphatic carbocycles. The van der Waals surface area contributed by atoms with Crippen LogP contribution in [0.3, 0.4) is 0 Å². The SMILES string of the molecule is CC(=O)O.O=C1NC(=Nc2cc[c-]cc2)S/C1=C\c1ccc(N2CCOCC2)cc1.[Na+]. The Labute approximate surface area is 207 Å². The molecule has 2 aliphatic rings. The molecule has 2 aromatic carbocycles. The first-order chi connectivity index (χ1) is 14.5. The second kappa shape index (κ2) is 12.7. The average molecular weight is 447 g/mol. The maximum absolute atomic E-state index is 12.2. The van der Waals surface area contributed by atoms with Crippen molar-refractivity contribution in [1.29, 1.82) is 0 Å². The third-order valence-electron chi connectivity index (χ3n) is 4.15. The van der Waals surface area contributed by atoms with Crippen molar-refractivity contribution in [2.75, 3.05) is 31.2 Å². The first kappa shape index (κ1) is 25.2. The molecule has 31 heavy (non-hydrogen) atoms. The molecule has 2 fully saturated rings. The number of rotatable bonds is 3. The van der Waals surface area contributed by atoms with Crippen molar-refractivity contribution in [3.8, 4) is 0 Å². The van der Waals surface area contributed by atoms with E-state index in [9.17, 15) is 4.79 Å². The van der Waals surface area contributed by atoms with Crippen LogP contribution < -0.4 is 39.8 Å². The van der Waals surface area contributed by atoms with E-state index >= 15 is 0 Å². The van der Waals surface area contributed by atoms with Crippen molar-refractivity contribution in [1.82, 2.24) is 5.32 Å². The molecule has 2 heterocycles. The van der Waals surface area contributed by atoms with Crippen LogP contribution in [0.25, 0.3) is 6.08 Å². The zero-order chi connectivity index (χ0) is 21.3. The van der Waals surface area contributed by atoms with Crippen LogP contribution in [0.1, 0.15) is 12.5 Å². The Kier molecular flexibility index (Phi) is 10.3. The summed E-state index contributed by atoms with van der Waals surface area (Å²) in [5.41, 5.74) is 2.97. The number of nitrogens with zero attached hydrogens (tertiary/aromatic N) is 2. The van der Waals surface area contributed by atoms with Crippen molar-refractivity contribution in [2.24, 2.45) is 4.99 Å². The van der Waals surface area contributed by atoms with Crippen LogP contribution in [0.5, 0.6) is 0 Å².